The molecule has 302 valence electrons. The van der Waals surface area contributed by atoms with Crippen molar-refractivity contribution < 1.29 is 9.59 Å². The van der Waals surface area contributed by atoms with E-state index in [2.05, 4.69) is 99.4 Å². The third-order valence-electron chi connectivity index (χ3n) is 12.2. The van der Waals surface area contributed by atoms with Crippen molar-refractivity contribution in [2.45, 2.75) is 171 Å². The highest BCUT2D eigenvalue weighted by Crippen LogP contribution is 2.51. The third-order valence-corrected chi connectivity index (χ3v) is 16.2. The van der Waals surface area contributed by atoms with Gasteiger partial charge in [0.1, 0.15) is 0 Å². The van der Waals surface area contributed by atoms with Crippen molar-refractivity contribution in [2.24, 2.45) is 23.7 Å². The molecule has 2 aliphatic rings. The van der Waals surface area contributed by atoms with Gasteiger partial charge in [0.05, 0.1) is 39.9 Å². The Morgan fingerprint density at radius 2 is 0.833 bits per heavy atom. The molecule has 4 nitrogen and oxygen atoms in total. The first-order valence-electron chi connectivity index (χ1n) is 21.8. The number of hydrogen-bond acceptors (Lipinski definition) is 4. The molecule has 4 heterocycles. The normalized spacial score (nSPS) is 17.0. The number of hydrogen-bond donors (Lipinski definition) is 0. The molecule has 8 heteroatoms. The predicted molar refractivity (Wildman–Crippen MR) is 242 cm³/mol. The van der Waals surface area contributed by atoms with E-state index in [1.165, 1.54) is 49.7 Å². The van der Waals surface area contributed by atoms with Crippen molar-refractivity contribution in [2.75, 3.05) is 13.1 Å². The lowest BCUT2D eigenvalue weighted by molar-refractivity contribution is -0.124. The van der Waals surface area contributed by atoms with Crippen LogP contribution >= 0.6 is 54.5 Å². The molecule has 0 aliphatic carbocycles. The lowest BCUT2D eigenvalue weighted by Gasteiger charge is -2.29. The largest absolute Gasteiger partial charge is 0.306 e. The van der Waals surface area contributed by atoms with E-state index in [1.54, 1.807) is 22.7 Å². The summed E-state index contributed by atoms with van der Waals surface area (Å²) in [6, 6.07) is 4.63. The van der Waals surface area contributed by atoms with Crippen LogP contribution in [-0.2, 0) is 22.4 Å². The Bertz CT molecular complexity index is 1470. The maximum atomic E-state index is 15.2. The summed E-state index contributed by atoms with van der Waals surface area (Å²) in [7, 11) is 0. The number of unbranched alkanes of at least 4 members (excludes halogenated alkanes) is 4. The van der Waals surface area contributed by atoms with E-state index in [9.17, 15) is 0 Å². The number of carbonyl (C=O) groups is 2. The van der Waals surface area contributed by atoms with Crippen LogP contribution in [0.5, 0.6) is 0 Å². The van der Waals surface area contributed by atoms with Gasteiger partial charge in [0.2, 0.25) is 0 Å². The van der Waals surface area contributed by atoms with Gasteiger partial charge in [-0.2, -0.15) is 0 Å². The first-order chi connectivity index (χ1) is 26.1. The van der Waals surface area contributed by atoms with Crippen LogP contribution in [0.4, 0.5) is 0 Å². The molecule has 4 atom stereocenters. The summed E-state index contributed by atoms with van der Waals surface area (Å²) in [5, 5.41) is 0. The van der Waals surface area contributed by atoms with Crippen LogP contribution in [-0.4, -0.2) is 34.7 Å². The Hall–Kier alpha value is -1.22. The Balaban J connectivity index is 1.92. The number of halogens is 2. The van der Waals surface area contributed by atoms with Gasteiger partial charge in [-0.05, 0) is 104 Å². The van der Waals surface area contributed by atoms with Crippen molar-refractivity contribution in [3.05, 3.63) is 51.7 Å². The number of amides is 2. The van der Waals surface area contributed by atoms with E-state index >= 15 is 9.59 Å². The fourth-order valence-electron chi connectivity index (χ4n) is 8.44. The van der Waals surface area contributed by atoms with Crippen molar-refractivity contribution in [3.8, 4) is 0 Å². The zero-order chi connectivity index (χ0) is 39.4. The number of carbonyl (C=O) groups excluding carboxylic acids is 2. The number of fused-ring (bicyclic) bond motifs is 1. The predicted octanol–water partition coefficient (Wildman–Crippen LogP) is 15.1. The summed E-state index contributed by atoms with van der Waals surface area (Å²) in [5.74, 6) is 2.06. The Kier molecular flexibility index (Phi) is 19.1. The summed E-state index contributed by atoms with van der Waals surface area (Å²) >= 11 is 11.4. The summed E-state index contributed by atoms with van der Waals surface area (Å²) in [6.07, 6.45) is 20.5. The van der Waals surface area contributed by atoms with E-state index < -0.39 is 0 Å². The van der Waals surface area contributed by atoms with Gasteiger partial charge in [0.25, 0.3) is 11.8 Å². The molecule has 4 unspecified atom stereocenters. The molecular formula is C46H70Br2N2O2S2. The fraction of sp³-hybridized carbons (Fsp3) is 0.696. The lowest BCUT2D eigenvalue weighted by Crippen LogP contribution is -2.34. The smallest absolute Gasteiger partial charge is 0.261 e. The fourth-order valence-corrected chi connectivity index (χ4v) is 12.0. The third kappa shape index (κ3) is 11.0. The summed E-state index contributed by atoms with van der Waals surface area (Å²) < 4.78 is 2.27. The van der Waals surface area contributed by atoms with Gasteiger partial charge in [-0.3, -0.25) is 9.59 Å². The lowest BCUT2D eigenvalue weighted by atomic mass is 9.93. The van der Waals surface area contributed by atoms with Gasteiger partial charge in [-0.25, -0.2) is 0 Å². The van der Waals surface area contributed by atoms with Crippen LogP contribution in [0.2, 0.25) is 0 Å². The zero-order valence-electron chi connectivity index (χ0n) is 34.9. The second kappa shape index (κ2) is 22.6. The minimum atomic E-state index is 0.0170. The highest BCUT2D eigenvalue weighted by atomic mass is 79.9. The minimum Gasteiger partial charge on any atom is -0.306 e. The highest BCUT2D eigenvalue weighted by molar-refractivity contribution is 9.11. The Morgan fingerprint density at radius 3 is 1.13 bits per heavy atom. The molecule has 0 bridgehead atoms. The molecule has 4 rings (SSSR count). The van der Waals surface area contributed by atoms with Crippen LogP contribution < -0.4 is 0 Å². The second-order valence-corrected chi connectivity index (χ2v) is 20.9. The van der Waals surface area contributed by atoms with Crippen LogP contribution in [0.25, 0.3) is 11.4 Å². The number of thiophene rings is 2. The van der Waals surface area contributed by atoms with Crippen molar-refractivity contribution >= 4 is 77.7 Å². The first kappa shape index (κ1) is 45.5. The van der Waals surface area contributed by atoms with Crippen LogP contribution in [0, 0.1) is 23.7 Å². The molecule has 0 radical (unpaired) electrons. The average Bonchev–Trinajstić information content (AvgIpc) is 3.88. The average molecular weight is 907 g/mol. The van der Waals surface area contributed by atoms with Crippen LogP contribution in [0.15, 0.2) is 30.9 Å². The summed E-state index contributed by atoms with van der Waals surface area (Å²) in [4.78, 5) is 36.6. The SMILES string of the molecule is CCCCC(CC)Cc1cc(C2=C3C(=O)N(CC(CC)CCCC)C(c4cc(CC(CC)CCCC)c(Br)s4)=C3C(=O)N2CC(CC)CCCC)sc1Br. The second-order valence-electron chi connectivity index (χ2n) is 16.2. The molecule has 2 aromatic rings. The van der Waals surface area contributed by atoms with Crippen LogP contribution in [0.3, 0.4) is 0 Å². The van der Waals surface area contributed by atoms with Gasteiger partial charge < -0.3 is 9.80 Å². The quantitative estimate of drug-likeness (QED) is 0.0944. The zero-order valence-corrected chi connectivity index (χ0v) is 39.7. The molecule has 54 heavy (non-hydrogen) atoms. The summed E-state index contributed by atoms with van der Waals surface area (Å²) in [5.41, 5.74) is 5.62. The molecule has 2 aliphatic heterocycles. The van der Waals surface area contributed by atoms with Gasteiger partial charge in [0.15, 0.2) is 0 Å². The van der Waals surface area contributed by atoms with E-state index in [-0.39, 0.29) is 11.8 Å². The summed E-state index contributed by atoms with van der Waals surface area (Å²) in [6.45, 7) is 19.5. The monoisotopic (exact) mass is 904 g/mol. The number of rotatable bonds is 26. The molecule has 0 spiro atoms. The molecular weight excluding hydrogens is 836 g/mol. The van der Waals surface area contributed by atoms with Gasteiger partial charge in [-0.1, -0.05) is 145 Å². The molecule has 2 amide bonds. The van der Waals surface area contributed by atoms with Gasteiger partial charge in [0, 0.05) is 13.1 Å². The van der Waals surface area contributed by atoms with Crippen molar-refractivity contribution in [3.63, 3.8) is 0 Å². The van der Waals surface area contributed by atoms with E-state index in [4.69, 9.17) is 0 Å². The molecule has 2 aromatic heterocycles. The molecule has 0 saturated heterocycles. The van der Waals surface area contributed by atoms with Crippen molar-refractivity contribution in [1.82, 2.24) is 9.80 Å². The van der Waals surface area contributed by atoms with E-state index in [0.717, 1.165) is 106 Å². The van der Waals surface area contributed by atoms with Crippen molar-refractivity contribution in [1.29, 1.82) is 0 Å². The van der Waals surface area contributed by atoms with E-state index in [0.29, 0.717) is 47.9 Å². The topological polar surface area (TPSA) is 40.6 Å². The Labute approximate surface area is 354 Å². The first-order valence-corrected chi connectivity index (χ1v) is 25.0. The maximum Gasteiger partial charge on any atom is 0.261 e. The standard InChI is InChI=1S/C46H70Br2N2O2S2/c1-9-17-21-31(13-5)25-35-27-37(53-43(35)47)41-39-40(46(52)49(41)29-33(15-7)23-19-11-3)42(50(45(39)51)30-34(16-8)24-20-12-4)38-28-36(44(48)54-38)26-32(14-6)22-18-10-2/h27-28,31-34H,9-26,29-30H2,1-8H3. The number of nitrogens with zero attached hydrogens (tertiary/aromatic N) is 2. The highest BCUT2D eigenvalue weighted by Gasteiger charge is 2.50. The molecule has 0 saturated carbocycles. The van der Waals surface area contributed by atoms with Gasteiger partial charge >= 0.3 is 0 Å². The van der Waals surface area contributed by atoms with Gasteiger partial charge in [-0.15, -0.1) is 22.7 Å². The minimum absolute atomic E-state index is 0.0170. The Morgan fingerprint density at radius 1 is 0.519 bits per heavy atom. The molecule has 0 aromatic carbocycles. The van der Waals surface area contributed by atoms with Crippen LogP contribution in [0.1, 0.15) is 179 Å². The molecule has 0 N–H and O–H groups in total. The molecule has 0 fully saturated rings. The van der Waals surface area contributed by atoms with E-state index in [1.807, 2.05) is 9.80 Å². The maximum absolute atomic E-state index is 15.2.